The Morgan fingerprint density at radius 3 is 2.57 bits per heavy atom. The van der Waals surface area contributed by atoms with E-state index in [4.69, 9.17) is 4.52 Å². The third-order valence-electron chi connectivity index (χ3n) is 4.55. The first-order valence-electron chi connectivity index (χ1n) is 9.16. The van der Waals surface area contributed by atoms with Gasteiger partial charge in [-0.2, -0.15) is 0 Å². The van der Waals surface area contributed by atoms with Crippen LogP contribution in [0.1, 0.15) is 18.5 Å². The highest BCUT2D eigenvalue weighted by Crippen LogP contribution is 2.19. The highest BCUT2D eigenvalue weighted by molar-refractivity contribution is 6.00. The number of carbonyl (C=O) groups excluding carboxylic acids is 1. The van der Waals surface area contributed by atoms with E-state index in [1.54, 1.807) is 10.9 Å². The molecule has 0 aliphatic heterocycles. The van der Waals surface area contributed by atoms with Crippen LogP contribution in [0.15, 0.2) is 83.5 Å². The van der Waals surface area contributed by atoms with Crippen LogP contribution in [0.3, 0.4) is 0 Å². The SMILES string of the molecule is CC(Cc1ccccc1)[n+]1cc(NC(=O)Nc2ccc3ccccc3c2)on1. The number of amides is 2. The van der Waals surface area contributed by atoms with E-state index in [1.807, 2.05) is 60.7 Å². The van der Waals surface area contributed by atoms with Crippen LogP contribution in [0.25, 0.3) is 10.8 Å². The number of nitrogens with zero attached hydrogens (tertiary/aromatic N) is 2. The third kappa shape index (κ3) is 4.17. The average Bonchev–Trinajstić information content (AvgIpc) is 3.17. The molecular weight excluding hydrogens is 352 g/mol. The van der Waals surface area contributed by atoms with Gasteiger partial charge in [-0.25, -0.2) is 4.79 Å². The molecule has 4 rings (SSSR count). The molecule has 1 unspecified atom stereocenters. The van der Waals surface area contributed by atoms with Crippen LogP contribution >= 0.6 is 0 Å². The fourth-order valence-corrected chi connectivity index (χ4v) is 3.11. The molecule has 0 aliphatic rings. The molecule has 6 heteroatoms. The van der Waals surface area contributed by atoms with Crippen molar-refractivity contribution in [3.8, 4) is 0 Å². The fourth-order valence-electron chi connectivity index (χ4n) is 3.11. The molecule has 0 saturated carbocycles. The molecule has 0 spiro atoms. The second-order valence-electron chi connectivity index (χ2n) is 6.73. The Hall–Kier alpha value is -3.67. The maximum atomic E-state index is 12.3. The first-order valence-corrected chi connectivity index (χ1v) is 9.16. The van der Waals surface area contributed by atoms with Crippen LogP contribution < -0.4 is 15.3 Å². The lowest BCUT2D eigenvalue weighted by atomic mass is 10.1. The number of fused-ring (bicyclic) bond motifs is 1. The Bertz CT molecular complexity index is 1090. The van der Waals surface area contributed by atoms with Gasteiger partial charge in [0.05, 0.1) is 0 Å². The molecule has 140 valence electrons. The number of rotatable bonds is 5. The molecule has 0 radical (unpaired) electrons. The van der Waals surface area contributed by atoms with Crippen molar-refractivity contribution in [2.75, 3.05) is 10.6 Å². The first-order chi connectivity index (χ1) is 13.7. The van der Waals surface area contributed by atoms with E-state index in [-0.39, 0.29) is 12.1 Å². The molecule has 2 amide bonds. The Morgan fingerprint density at radius 2 is 1.75 bits per heavy atom. The smallest absolute Gasteiger partial charge is 0.308 e. The molecule has 3 aromatic carbocycles. The van der Waals surface area contributed by atoms with Crippen LogP contribution in [-0.4, -0.2) is 11.3 Å². The van der Waals surface area contributed by atoms with Crippen LogP contribution in [0.2, 0.25) is 0 Å². The minimum atomic E-state index is -0.380. The monoisotopic (exact) mass is 373 g/mol. The summed E-state index contributed by atoms with van der Waals surface area (Å²) in [4.78, 5) is 12.3. The third-order valence-corrected chi connectivity index (χ3v) is 4.55. The molecule has 1 atom stereocenters. The van der Waals surface area contributed by atoms with Gasteiger partial charge in [-0.3, -0.25) is 9.84 Å². The van der Waals surface area contributed by atoms with Gasteiger partial charge in [0.1, 0.15) is 0 Å². The Balaban J connectivity index is 1.38. The minimum Gasteiger partial charge on any atom is -0.308 e. The highest BCUT2D eigenvalue weighted by atomic mass is 16.5. The summed E-state index contributed by atoms with van der Waals surface area (Å²) in [6.07, 6.45) is 2.51. The molecule has 2 N–H and O–H groups in total. The number of nitrogens with one attached hydrogen (secondary N) is 2. The first kappa shape index (κ1) is 17.7. The van der Waals surface area contributed by atoms with Gasteiger partial charge < -0.3 is 5.32 Å². The predicted molar refractivity (Wildman–Crippen MR) is 108 cm³/mol. The van der Waals surface area contributed by atoms with Crippen molar-refractivity contribution in [3.63, 3.8) is 0 Å². The van der Waals surface area contributed by atoms with Crippen LogP contribution in [-0.2, 0) is 6.42 Å². The van der Waals surface area contributed by atoms with Crippen molar-refractivity contribution >= 4 is 28.4 Å². The van der Waals surface area contributed by atoms with Crippen LogP contribution in [0.4, 0.5) is 16.4 Å². The Morgan fingerprint density at radius 1 is 1.00 bits per heavy atom. The Labute approximate surface area is 162 Å². The van der Waals surface area contributed by atoms with E-state index in [1.165, 1.54) is 5.56 Å². The van der Waals surface area contributed by atoms with Gasteiger partial charge >= 0.3 is 11.9 Å². The van der Waals surface area contributed by atoms with Crippen molar-refractivity contribution < 1.29 is 14.0 Å². The molecule has 6 nitrogen and oxygen atoms in total. The molecule has 0 aliphatic carbocycles. The summed E-state index contributed by atoms with van der Waals surface area (Å²) in [5.41, 5.74) is 1.93. The number of aromatic nitrogens is 2. The number of benzene rings is 3. The lowest BCUT2D eigenvalue weighted by Crippen LogP contribution is -2.40. The van der Waals surface area contributed by atoms with Gasteiger partial charge in [-0.1, -0.05) is 60.7 Å². The number of anilines is 2. The molecular formula is C22H21N4O2+. The molecule has 4 aromatic rings. The van der Waals surface area contributed by atoms with E-state index in [0.717, 1.165) is 17.2 Å². The zero-order chi connectivity index (χ0) is 19.3. The summed E-state index contributed by atoms with van der Waals surface area (Å²) >= 11 is 0. The van der Waals surface area contributed by atoms with Gasteiger partial charge in [-0.05, 0) is 33.2 Å². The predicted octanol–water partition coefficient (Wildman–Crippen LogP) is 4.56. The summed E-state index contributed by atoms with van der Waals surface area (Å²) in [7, 11) is 0. The van der Waals surface area contributed by atoms with Gasteiger partial charge in [0.25, 0.3) is 6.20 Å². The van der Waals surface area contributed by atoms with Gasteiger partial charge in [0.15, 0.2) is 6.04 Å². The number of hydrogen-bond acceptors (Lipinski definition) is 3. The van der Waals surface area contributed by atoms with E-state index >= 15 is 0 Å². The summed E-state index contributed by atoms with van der Waals surface area (Å²) in [5, 5.41) is 11.7. The second kappa shape index (κ2) is 7.92. The molecule has 1 heterocycles. The number of carbonyl (C=O) groups is 1. The van der Waals surface area contributed by atoms with E-state index < -0.39 is 0 Å². The normalized spacial score (nSPS) is 11.9. The molecule has 0 saturated heterocycles. The topological polar surface area (TPSA) is 71.0 Å². The van der Waals surface area contributed by atoms with Crippen LogP contribution in [0, 0.1) is 0 Å². The van der Waals surface area contributed by atoms with Gasteiger partial charge in [0, 0.05) is 19.0 Å². The van der Waals surface area contributed by atoms with Crippen molar-refractivity contribution in [1.29, 1.82) is 0 Å². The summed E-state index contributed by atoms with van der Waals surface area (Å²) in [6.45, 7) is 2.05. The van der Waals surface area contributed by atoms with Crippen molar-refractivity contribution in [2.45, 2.75) is 19.4 Å². The zero-order valence-corrected chi connectivity index (χ0v) is 15.5. The van der Waals surface area contributed by atoms with Crippen LogP contribution in [0.5, 0.6) is 0 Å². The van der Waals surface area contributed by atoms with Gasteiger partial charge in [0.2, 0.25) is 5.27 Å². The van der Waals surface area contributed by atoms with E-state index in [9.17, 15) is 4.79 Å². The standard InChI is InChI=1S/C22H20N4O2/c1-16(13-17-7-3-2-4-8-17)26-15-21(28-25-26)24-22(27)23-20-12-11-18-9-5-6-10-19(18)14-20/h2-12,14-16H,13H2,1H3,(H-,23,24,25,27)/p+1. The van der Waals surface area contributed by atoms with Gasteiger partial charge in [-0.15, -0.1) is 0 Å². The summed E-state index contributed by atoms with van der Waals surface area (Å²) in [5.74, 6) is 0.290. The average molecular weight is 373 g/mol. The summed E-state index contributed by atoms with van der Waals surface area (Å²) in [6, 6.07) is 23.7. The maximum Gasteiger partial charge on any atom is 0.326 e. The lowest BCUT2D eigenvalue weighted by Gasteiger charge is -2.05. The largest absolute Gasteiger partial charge is 0.326 e. The molecule has 0 bridgehead atoms. The van der Waals surface area contributed by atoms with Crippen molar-refractivity contribution in [2.24, 2.45) is 0 Å². The molecule has 28 heavy (non-hydrogen) atoms. The highest BCUT2D eigenvalue weighted by Gasteiger charge is 2.21. The van der Waals surface area contributed by atoms with Crippen molar-refractivity contribution in [1.82, 2.24) is 5.27 Å². The van der Waals surface area contributed by atoms with Crippen molar-refractivity contribution in [3.05, 3.63) is 84.6 Å². The summed E-state index contributed by atoms with van der Waals surface area (Å²) < 4.78 is 6.95. The minimum absolute atomic E-state index is 0.102. The lowest BCUT2D eigenvalue weighted by molar-refractivity contribution is -0.782. The number of hydrogen-bond donors (Lipinski definition) is 2. The molecule has 1 aromatic heterocycles. The maximum absolute atomic E-state index is 12.3. The fraction of sp³-hybridized carbons (Fsp3) is 0.136. The van der Waals surface area contributed by atoms with E-state index in [0.29, 0.717) is 11.6 Å². The zero-order valence-electron chi connectivity index (χ0n) is 15.5. The second-order valence-corrected chi connectivity index (χ2v) is 6.73. The van der Waals surface area contributed by atoms with E-state index in [2.05, 4.69) is 35.0 Å². The molecule has 0 fully saturated rings. The quantitative estimate of drug-likeness (QED) is 0.504. The Kier molecular flexibility index (Phi) is 5.01. The number of urea groups is 1.